The molecule has 0 amide bonds. The molecular formula is C24H21F2N5O4. The summed E-state index contributed by atoms with van der Waals surface area (Å²) in [7, 11) is 0. The van der Waals surface area contributed by atoms with E-state index in [9.17, 15) is 13.6 Å². The second kappa shape index (κ2) is 9.24. The molecule has 1 aliphatic rings. The van der Waals surface area contributed by atoms with Crippen LogP contribution in [0.2, 0.25) is 0 Å². The molecule has 11 heteroatoms. The Morgan fingerprint density at radius 3 is 2.71 bits per heavy atom. The minimum Gasteiger partial charge on any atom is -0.474 e. The molecule has 0 radical (unpaired) electrons. The lowest BCUT2D eigenvalue weighted by atomic mass is 10.1. The second-order valence-electron chi connectivity index (χ2n) is 8.18. The van der Waals surface area contributed by atoms with Crippen LogP contribution >= 0.6 is 0 Å². The average Bonchev–Trinajstić information content (AvgIpc) is 3.24. The SMILES string of the molecule is CCOC(=O)C1(COc2nc(-c3cc(-c4ccon4)n(Cc4ccccc4F)n3)ncc2F)CC1. The maximum atomic E-state index is 14.4. The van der Waals surface area contributed by atoms with E-state index in [4.69, 9.17) is 14.0 Å². The van der Waals surface area contributed by atoms with Gasteiger partial charge in [-0.1, -0.05) is 23.4 Å². The van der Waals surface area contributed by atoms with E-state index < -0.39 is 11.2 Å². The van der Waals surface area contributed by atoms with Gasteiger partial charge in [0.2, 0.25) is 5.82 Å². The molecule has 1 saturated carbocycles. The molecule has 9 nitrogen and oxygen atoms in total. The predicted octanol–water partition coefficient (Wildman–Crippen LogP) is 4.04. The van der Waals surface area contributed by atoms with Crippen LogP contribution in [0, 0.1) is 17.0 Å². The van der Waals surface area contributed by atoms with Crippen molar-refractivity contribution in [2.24, 2.45) is 5.41 Å². The van der Waals surface area contributed by atoms with Gasteiger partial charge in [-0.3, -0.25) is 9.48 Å². The van der Waals surface area contributed by atoms with E-state index in [0.717, 1.165) is 6.20 Å². The van der Waals surface area contributed by atoms with Gasteiger partial charge in [-0.25, -0.2) is 9.37 Å². The van der Waals surface area contributed by atoms with Gasteiger partial charge in [0, 0.05) is 11.6 Å². The Morgan fingerprint density at radius 2 is 2.00 bits per heavy atom. The summed E-state index contributed by atoms with van der Waals surface area (Å²) in [5.41, 5.74) is 0.963. The summed E-state index contributed by atoms with van der Waals surface area (Å²) in [6, 6.07) is 9.65. The fourth-order valence-corrected chi connectivity index (χ4v) is 3.61. The first kappa shape index (κ1) is 22.6. The van der Waals surface area contributed by atoms with Crippen LogP contribution in [0.15, 0.2) is 53.4 Å². The van der Waals surface area contributed by atoms with E-state index in [1.807, 2.05) is 0 Å². The zero-order chi connectivity index (χ0) is 24.4. The Kier molecular flexibility index (Phi) is 5.98. The van der Waals surface area contributed by atoms with Crippen LogP contribution in [0.1, 0.15) is 25.3 Å². The number of ether oxygens (including phenoxy) is 2. The summed E-state index contributed by atoms with van der Waals surface area (Å²) in [6.45, 7) is 2.05. The Morgan fingerprint density at radius 1 is 1.17 bits per heavy atom. The number of esters is 1. The summed E-state index contributed by atoms with van der Waals surface area (Å²) < 4.78 is 45.8. The molecule has 35 heavy (non-hydrogen) atoms. The lowest BCUT2D eigenvalue weighted by Gasteiger charge is -2.14. The Labute approximate surface area is 198 Å². The first-order valence-corrected chi connectivity index (χ1v) is 11.0. The van der Waals surface area contributed by atoms with Gasteiger partial charge < -0.3 is 14.0 Å². The number of carbonyl (C=O) groups excluding carboxylic acids is 1. The topological polar surface area (TPSA) is 105 Å². The maximum absolute atomic E-state index is 14.4. The quantitative estimate of drug-likeness (QED) is 0.330. The van der Waals surface area contributed by atoms with Crippen molar-refractivity contribution in [3.05, 3.63) is 66.1 Å². The van der Waals surface area contributed by atoms with Gasteiger partial charge in [-0.05, 0) is 31.9 Å². The summed E-state index contributed by atoms with van der Waals surface area (Å²) in [5.74, 6) is -1.70. The lowest BCUT2D eigenvalue weighted by molar-refractivity contribution is -0.151. The molecule has 4 aromatic rings. The third-order valence-electron chi connectivity index (χ3n) is 5.75. The molecular weight excluding hydrogens is 460 g/mol. The van der Waals surface area contributed by atoms with E-state index in [2.05, 4.69) is 20.2 Å². The van der Waals surface area contributed by atoms with Gasteiger partial charge in [0.05, 0.1) is 25.0 Å². The minimum absolute atomic E-state index is 0.0505. The van der Waals surface area contributed by atoms with Crippen molar-refractivity contribution >= 4 is 5.97 Å². The van der Waals surface area contributed by atoms with Crippen molar-refractivity contribution in [1.29, 1.82) is 0 Å². The maximum Gasteiger partial charge on any atom is 0.315 e. The molecule has 0 spiro atoms. The molecule has 0 saturated heterocycles. The van der Waals surface area contributed by atoms with Gasteiger partial charge in [-0.2, -0.15) is 14.5 Å². The molecule has 3 heterocycles. The molecule has 1 aliphatic carbocycles. The molecule has 0 bridgehead atoms. The van der Waals surface area contributed by atoms with Crippen LogP contribution in [0.3, 0.4) is 0 Å². The number of aromatic nitrogens is 5. The number of hydrogen-bond acceptors (Lipinski definition) is 8. The molecule has 0 atom stereocenters. The van der Waals surface area contributed by atoms with Crippen LogP contribution in [-0.4, -0.2) is 44.1 Å². The summed E-state index contributed by atoms with van der Waals surface area (Å²) in [6.07, 6.45) is 3.60. The molecule has 0 N–H and O–H groups in total. The highest BCUT2D eigenvalue weighted by Gasteiger charge is 2.52. The fourth-order valence-electron chi connectivity index (χ4n) is 3.61. The summed E-state index contributed by atoms with van der Waals surface area (Å²) in [4.78, 5) is 20.4. The third kappa shape index (κ3) is 4.61. The predicted molar refractivity (Wildman–Crippen MR) is 118 cm³/mol. The first-order chi connectivity index (χ1) is 17.0. The van der Waals surface area contributed by atoms with Crippen molar-refractivity contribution in [3.63, 3.8) is 0 Å². The molecule has 5 rings (SSSR count). The average molecular weight is 481 g/mol. The first-order valence-electron chi connectivity index (χ1n) is 11.0. The van der Waals surface area contributed by atoms with Gasteiger partial charge in [0.25, 0.3) is 5.88 Å². The van der Waals surface area contributed by atoms with E-state index >= 15 is 0 Å². The molecule has 1 aromatic carbocycles. The van der Waals surface area contributed by atoms with Crippen molar-refractivity contribution in [2.45, 2.75) is 26.3 Å². The zero-order valence-corrected chi connectivity index (χ0v) is 18.8. The van der Waals surface area contributed by atoms with E-state index in [-0.39, 0.29) is 43.2 Å². The minimum atomic E-state index is -0.769. The standard InChI is InChI=1S/C24H21F2N5O4/c1-2-33-23(32)24(8-9-24)14-34-22-17(26)12-27-21(28-22)19-11-20(18-7-10-35-30-18)31(29-19)13-15-5-3-4-6-16(15)25/h3-7,10-12H,2,8-9,13-14H2,1H3. The molecule has 3 aromatic heterocycles. The number of benzene rings is 1. The number of rotatable bonds is 9. The largest absolute Gasteiger partial charge is 0.474 e. The third-order valence-corrected chi connectivity index (χ3v) is 5.75. The van der Waals surface area contributed by atoms with Crippen LogP contribution in [0.5, 0.6) is 5.88 Å². The molecule has 1 fully saturated rings. The van der Waals surface area contributed by atoms with Gasteiger partial charge >= 0.3 is 5.97 Å². The van der Waals surface area contributed by atoms with Gasteiger partial charge in [-0.15, -0.1) is 0 Å². The summed E-state index contributed by atoms with van der Waals surface area (Å²) in [5, 5.41) is 8.45. The molecule has 180 valence electrons. The monoisotopic (exact) mass is 481 g/mol. The molecule has 0 aliphatic heterocycles. The number of halogens is 2. The second-order valence-corrected chi connectivity index (χ2v) is 8.18. The van der Waals surface area contributed by atoms with Crippen LogP contribution < -0.4 is 4.74 Å². The number of nitrogens with zero attached hydrogens (tertiary/aromatic N) is 5. The van der Waals surface area contributed by atoms with Crippen molar-refractivity contribution in [1.82, 2.24) is 24.9 Å². The van der Waals surface area contributed by atoms with Crippen molar-refractivity contribution < 1.29 is 27.6 Å². The smallest absolute Gasteiger partial charge is 0.315 e. The normalized spacial score (nSPS) is 14.0. The van der Waals surface area contributed by atoms with E-state index in [0.29, 0.717) is 35.5 Å². The van der Waals surface area contributed by atoms with Crippen LogP contribution in [0.4, 0.5) is 8.78 Å². The highest BCUT2D eigenvalue weighted by atomic mass is 19.1. The Hall–Kier alpha value is -4.15. The Balaban J connectivity index is 1.44. The van der Waals surface area contributed by atoms with E-state index in [1.165, 1.54) is 12.3 Å². The van der Waals surface area contributed by atoms with Crippen molar-refractivity contribution in [3.8, 4) is 28.8 Å². The lowest BCUT2D eigenvalue weighted by Crippen LogP contribution is -2.26. The van der Waals surface area contributed by atoms with Gasteiger partial charge in [0.1, 0.15) is 35.5 Å². The fraction of sp³-hybridized carbons (Fsp3) is 0.292. The van der Waals surface area contributed by atoms with Crippen LogP contribution in [-0.2, 0) is 16.1 Å². The van der Waals surface area contributed by atoms with Crippen LogP contribution in [0.25, 0.3) is 22.9 Å². The number of hydrogen-bond donors (Lipinski definition) is 0. The van der Waals surface area contributed by atoms with Gasteiger partial charge in [0.15, 0.2) is 5.82 Å². The van der Waals surface area contributed by atoms with E-state index in [1.54, 1.807) is 41.9 Å². The zero-order valence-electron chi connectivity index (χ0n) is 18.8. The summed E-state index contributed by atoms with van der Waals surface area (Å²) >= 11 is 0. The van der Waals surface area contributed by atoms with Crippen molar-refractivity contribution in [2.75, 3.05) is 13.2 Å². The highest BCUT2D eigenvalue weighted by molar-refractivity contribution is 5.80. The highest BCUT2D eigenvalue weighted by Crippen LogP contribution is 2.47. The Bertz CT molecular complexity index is 1350. The number of carbonyl (C=O) groups is 1. The molecule has 0 unspecified atom stereocenters.